The lowest BCUT2D eigenvalue weighted by Crippen LogP contribution is -2.11. The minimum Gasteiger partial charge on any atom is -0.506 e. The second-order valence-electron chi connectivity index (χ2n) is 4.99. The van der Waals surface area contributed by atoms with E-state index in [-0.39, 0.29) is 16.6 Å². The topological polar surface area (TPSA) is 86.9 Å². The Labute approximate surface area is 168 Å². The molecule has 0 amide bonds. The number of allylic oxidation sites excluding steroid dienone is 1. The van der Waals surface area contributed by atoms with Crippen LogP contribution in [0.25, 0.3) is 6.08 Å². The highest BCUT2D eigenvalue weighted by molar-refractivity contribution is 14.1. The fraction of sp³-hybridized carbons (Fsp3) is 0.200. The predicted octanol–water partition coefficient (Wildman–Crippen LogP) is 4.59. The van der Waals surface area contributed by atoms with Crippen molar-refractivity contribution in [3.63, 3.8) is 0 Å². The first-order valence-corrected chi connectivity index (χ1v) is 10.4. The van der Waals surface area contributed by atoms with Crippen molar-refractivity contribution in [1.29, 1.82) is 5.41 Å². The first-order chi connectivity index (χ1) is 11.4. The van der Waals surface area contributed by atoms with Crippen molar-refractivity contribution in [3.05, 3.63) is 40.7 Å². The molecule has 1 aliphatic rings. The van der Waals surface area contributed by atoms with Gasteiger partial charge in [-0.25, -0.2) is 0 Å². The summed E-state index contributed by atoms with van der Waals surface area (Å²) in [5.41, 5.74) is 0.546. The molecule has 1 atom stereocenters. The number of phenolic OH excluding ortho intramolecular Hbond substituents is 1. The van der Waals surface area contributed by atoms with Gasteiger partial charge in [-0.2, -0.15) is 0 Å². The summed E-state index contributed by atoms with van der Waals surface area (Å²) in [6, 6.07) is 3.54. The molecule has 1 fully saturated rings. The average Bonchev–Trinajstić information content (AvgIpc) is 3.09. The molecular formula is C15H11BrIN3O2S2. The summed E-state index contributed by atoms with van der Waals surface area (Å²) in [4.78, 5) is 13.1. The van der Waals surface area contributed by atoms with E-state index in [1.165, 1.54) is 11.3 Å². The zero-order valence-corrected chi connectivity index (χ0v) is 17.7. The highest BCUT2D eigenvalue weighted by Crippen LogP contribution is 2.42. The Morgan fingerprint density at radius 3 is 2.88 bits per heavy atom. The van der Waals surface area contributed by atoms with Crippen LogP contribution >= 0.6 is 61.6 Å². The third kappa shape index (κ3) is 3.44. The van der Waals surface area contributed by atoms with Crippen molar-refractivity contribution in [1.82, 2.24) is 10.2 Å². The number of phenols is 1. The van der Waals surface area contributed by atoms with Crippen LogP contribution in [0.5, 0.6) is 5.75 Å². The van der Waals surface area contributed by atoms with E-state index in [1.807, 2.05) is 29.5 Å². The number of aryl methyl sites for hydroxylation is 1. The molecule has 2 heterocycles. The zero-order chi connectivity index (χ0) is 17.4. The second-order valence-corrected chi connectivity index (χ2v) is 9.24. The fourth-order valence-corrected chi connectivity index (χ4v) is 5.67. The van der Waals surface area contributed by atoms with E-state index in [2.05, 4.69) is 26.1 Å². The molecule has 2 N–H and O–H groups in total. The molecule has 1 aliphatic heterocycles. The number of aromatic hydroxyl groups is 1. The molecule has 1 aromatic carbocycles. The molecule has 0 spiro atoms. The molecule has 1 saturated heterocycles. The van der Waals surface area contributed by atoms with Gasteiger partial charge in [-0.05, 0) is 47.2 Å². The van der Waals surface area contributed by atoms with Crippen LogP contribution in [0.4, 0.5) is 0 Å². The lowest BCUT2D eigenvalue weighted by atomic mass is 10.0. The Kier molecular flexibility index (Phi) is 5.42. The maximum atomic E-state index is 12.7. The summed E-state index contributed by atoms with van der Waals surface area (Å²) in [6.45, 7) is 1.98. The highest BCUT2D eigenvalue weighted by Gasteiger charge is 2.39. The second kappa shape index (κ2) is 7.22. The largest absolute Gasteiger partial charge is 0.506 e. The van der Waals surface area contributed by atoms with E-state index < -0.39 is 5.92 Å². The maximum Gasteiger partial charge on any atom is 0.186 e. The molecule has 1 aromatic heterocycles. The molecule has 9 heteroatoms. The normalized spacial score (nSPS) is 19.5. The van der Waals surface area contributed by atoms with Crippen molar-refractivity contribution in [2.45, 2.75) is 19.3 Å². The van der Waals surface area contributed by atoms with E-state index in [0.717, 1.165) is 27.7 Å². The number of rotatable bonds is 3. The SMILES string of the molecule is CCc1nnc([C@@H]2C(=N)S/C(=C\c3cc(Br)cc(I)c3O)C2=O)s1. The van der Waals surface area contributed by atoms with Gasteiger partial charge in [-0.1, -0.05) is 34.6 Å². The Balaban J connectivity index is 1.97. The minimum absolute atomic E-state index is 0.124. The van der Waals surface area contributed by atoms with Crippen molar-refractivity contribution in [3.8, 4) is 5.75 Å². The maximum absolute atomic E-state index is 12.7. The van der Waals surface area contributed by atoms with Gasteiger partial charge in [0, 0.05) is 10.0 Å². The number of hydrogen-bond donors (Lipinski definition) is 2. The van der Waals surface area contributed by atoms with Gasteiger partial charge in [0.25, 0.3) is 0 Å². The van der Waals surface area contributed by atoms with Crippen molar-refractivity contribution in [2.75, 3.05) is 0 Å². The number of Topliss-reactive ketones (excluding diaryl/α,β-unsaturated/α-hetero) is 1. The number of aromatic nitrogens is 2. The van der Waals surface area contributed by atoms with E-state index in [0.29, 0.717) is 19.0 Å². The molecule has 0 bridgehead atoms. The number of nitrogens with zero attached hydrogens (tertiary/aromatic N) is 2. The molecule has 3 rings (SSSR count). The van der Waals surface area contributed by atoms with Gasteiger partial charge in [0.05, 0.1) is 13.5 Å². The summed E-state index contributed by atoms with van der Waals surface area (Å²) in [6.07, 6.45) is 2.39. The average molecular weight is 536 g/mol. The van der Waals surface area contributed by atoms with Gasteiger partial charge in [-0.3, -0.25) is 10.2 Å². The molecule has 5 nitrogen and oxygen atoms in total. The number of hydrogen-bond acceptors (Lipinski definition) is 7. The number of carbonyl (C=O) groups excluding carboxylic acids is 1. The third-order valence-electron chi connectivity index (χ3n) is 3.36. The van der Waals surface area contributed by atoms with Crippen LogP contribution in [0.2, 0.25) is 0 Å². The van der Waals surface area contributed by atoms with E-state index in [9.17, 15) is 9.90 Å². The molecular weight excluding hydrogens is 525 g/mol. The summed E-state index contributed by atoms with van der Waals surface area (Å²) in [7, 11) is 0. The Bertz CT molecular complexity index is 882. The van der Waals surface area contributed by atoms with Crippen LogP contribution in [0.1, 0.15) is 28.4 Å². The first-order valence-electron chi connectivity index (χ1n) is 6.93. The Hall–Kier alpha value is -0.780. The quantitative estimate of drug-likeness (QED) is 0.443. The molecule has 0 aliphatic carbocycles. The van der Waals surface area contributed by atoms with Crippen LogP contribution < -0.4 is 0 Å². The summed E-state index contributed by atoms with van der Waals surface area (Å²) in [5.74, 6) is -0.718. The van der Waals surface area contributed by atoms with Crippen molar-refractivity contribution in [2.24, 2.45) is 0 Å². The third-order valence-corrected chi connectivity index (χ3v) is 6.77. The van der Waals surface area contributed by atoms with Gasteiger partial charge in [-0.15, -0.1) is 21.5 Å². The molecule has 24 heavy (non-hydrogen) atoms. The predicted molar refractivity (Wildman–Crippen MR) is 109 cm³/mol. The molecule has 124 valence electrons. The number of ketones is 1. The molecule has 0 saturated carbocycles. The van der Waals surface area contributed by atoms with Gasteiger partial charge in [0.15, 0.2) is 5.78 Å². The van der Waals surface area contributed by atoms with Crippen LogP contribution in [-0.4, -0.2) is 26.1 Å². The van der Waals surface area contributed by atoms with Crippen molar-refractivity contribution < 1.29 is 9.90 Å². The first kappa shape index (κ1) is 18.0. The number of carbonyl (C=O) groups is 1. The lowest BCUT2D eigenvalue weighted by Gasteiger charge is -2.04. The fourth-order valence-electron chi connectivity index (χ4n) is 2.18. The summed E-state index contributed by atoms with van der Waals surface area (Å²) < 4.78 is 1.50. The number of benzene rings is 1. The number of halogens is 2. The van der Waals surface area contributed by atoms with Crippen LogP contribution in [0.3, 0.4) is 0 Å². The van der Waals surface area contributed by atoms with E-state index in [1.54, 1.807) is 18.2 Å². The van der Waals surface area contributed by atoms with Gasteiger partial charge in [0.2, 0.25) is 0 Å². The lowest BCUT2D eigenvalue weighted by molar-refractivity contribution is -0.114. The Morgan fingerprint density at radius 1 is 1.46 bits per heavy atom. The van der Waals surface area contributed by atoms with Gasteiger partial charge >= 0.3 is 0 Å². The number of nitrogens with one attached hydrogen (secondary N) is 1. The summed E-state index contributed by atoms with van der Waals surface area (Å²) in [5, 5.41) is 28.1. The highest BCUT2D eigenvalue weighted by atomic mass is 127. The van der Waals surface area contributed by atoms with Crippen molar-refractivity contribution >= 4 is 78.5 Å². The summed E-state index contributed by atoms with van der Waals surface area (Å²) >= 11 is 7.90. The van der Waals surface area contributed by atoms with E-state index >= 15 is 0 Å². The standard InChI is InChI=1S/C15H11BrIN3O2S2/c1-2-10-19-20-15(24-10)11-13(22)9(23-14(11)18)4-6-3-7(16)5-8(17)12(6)21/h3-5,11,18,21H,2H2,1H3/b9-4-,18-14?/t11-/m0/s1. The molecule has 2 aromatic rings. The zero-order valence-electron chi connectivity index (χ0n) is 12.3. The van der Waals surface area contributed by atoms with Gasteiger partial charge in [0.1, 0.15) is 21.7 Å². The van der Waals surface area contributed by atoms with E-state index in [4.69, 9.17) is 5.41 Å². The molecule has 0 radical (unpaired) electrons. The smallest absolute Gasteiger partial charge is 0.186 e. The monoisotopic (exact) mass is 535 g/mol. The Morgan fingerprint density at radius 2 is 2.21 bits per heavy atom. The van der Waals surface area contributed by atoms with Crippen LogP contribution in [0, 0.1) is 8.98 Å². The number of thioether (sulfide) groups is 1. The van der Waals surface area contributed by atoms with Crippen LogP contribution in [0.15, 0.2) is 21.5 Å². The van der Waals surface area contributed by atoms with Gasteiger partial charge < -0.3 is 5.11 Å². The minimum atomic E-state index is -0.674. The van der Waals surface area contributed by atoms with Crippen LogP contribution in [-0.2, 0) is 11.2 Å². The molecule has 0 unspecified atom stereocenters.